The van der Waals surface area contributed by atoms with Gasteiger partial charge in [0, 0.05) is 24.3 Å². The maximum absolute atomic E-state index is 12.9. The highest BCUT2D eigenvalue weighted by Crippen LogP contribution is 2.41. The number of para-hydroxylation sites is 1. The molecule has 1 atom stereocenters. The molecule has 0 fully saturated rings. The third-order valence-corrected chi connectivity index (χ3v) is 6.01. The molecule has 1 unspecified atom stereocenters. The van der Waals surface area contributed by atoms with Gasteiger partial charge in [-0.2, -0.15) is 0 Å². The molecule has 166 valence electrons. The summed E-state index contributed by atoms with van der Waals surface area (Å²) >= 11 is 0. The van der Waals surface area contributed by atoms with Crippen molar-refractivity contribution in [2.75, 3.05) is 25.2 Å². The Labute approximate surface area is 185 Å². The average molecular weight is 435 g/mol. The molecule has 0 saturated heterocycles. The summed E-state index contributed by atoms with van der Waals surface area (Å²) in [6, 6.07) is 8.86. The van der Waals surface area contributed by atoms with E-state index in [-0.39, 0.29) is 17.2 Å². The summed E-state index contributed by atoms with van der Waals surface area (Å²) in [5, 5.41) is 0. The molecule has 0 N–H and O–H groups in total. The van der Waals surface area contributed by atoms with Crippen LogP contribution in [0.25, 0.3) is 11.4 Å². The SMILES string of the molecule is COc1cccc2c1OC(CN1c3nc(-c4ccncn4)cc(=O)n3CCC1(C)C)CO2. The zero-order valence-electron chi connectivity index (χ0n) is 18.3. The van der Waals surface area contributed by atoms with Gasteiger partial charge in [0.1, 0.15) is 12.9 Å². The molecule has 0 radical (unpaired) electrons. The highest BCUT2D eigenvalue weighted by atomic mass is 16.6. The summed E-state index contributed by atoms with van der Waals surface area (Å²) in [6.45, 7) is 5.80. The molecule has 3 aromatic rings. The van der Waals surface area contributed by atoms with Gasteiger partial charge < -0.3 is 19.1 Å². The van der Waals surface area contributed by atoms with Crippen LogP contribution in [0, 0.1) is 0 Å². The van der Waals surface area contributed by atoms with Crippen molar-refractivity contribution >= 4 is 5.95 Å². The zero-order valence-corrected chi connectivity index (χ0v) is 18.3. The van der Waals surface area contributed by atoms with E-state index in [4.69, 9.17) is 19.2 Å². The van der Waals surface area contributed by atoms with Gasteiger partial charge in [-0.3, -0.25) is 9.36 Å². The number of methoxy groups -OCH3 is 1. The highest BCUT2D eigenvalue weighted by molar-refractivity contribution is 5.56. The van der Waals surface area contributed by atoms with Crippen molar-refractivity contribution in [2.24, 2.45) is 0 Å². The third kappa shape index (κ3) is 3.53. The number of hydrogen-bond acceptors (Lipinski definition) is 8. The second-order valence-corrected chi connectivity index (χ2v) is 8.54. The van der Waals surface area contributed by atoms with Crippen LogP contribution < -0.4 is 24.7 Å². The second-order valence-electron chi connectivity index (χ2n) is 8.54. The molecule has 5 rings (SSSR count). The molecule has 2 aromatic heterocycles. The van der Waals surface area contributed by atoms with Crippen molar-refractivity contribution < 1.29 is 14.2 Å². The maximum Gasteiger partial charge on any atom is 0.255 e. The fourth-order valence-electron chi connectivity index (χ4n) is 4.17. The predicted molar refractivity (Wildman–Crippen MR) is 118 cm³/mol. The molecule has 0 amide bonds. The van der Waals surface area contributed by atoms with E-state index < -0.39 is 0 Å². The number of benzene rings is 1. The lowest BCUT2D eigenvalue weighted by Crippen LogP contribution is -2.56. The van der Waals surface area contributed by atoms with Crippen molar-refractivity contribution in [3.63, 3.8) is 0 Å². The molecule has 4 heterocycles. The lowest BCUT2D eigenvalue weighted by atomic mass is 9.95. The number of nitrogens with zero attached hydrogens (tertiary/aromatic N) is 5. The Morgan fingerprint density at radius 2 is 2.12 bits per heavy atom. The molecule has 9 nitrogen and oxygen atoms in total. The monoisotopic (exact) mass is 435 g/mol. The highest BCUT2D eigenvalue weighted by Gasteiger charge is 2.38. The minimum absolute atomic E-state index is 0.100. The van der Waals surface area contributed by atoms with E-state index >= 15 is 0 Å². The summed E-state index contributed by atoms with van der Waals surface area (Å²) < 4.78 is 19.4. The largest absolute Gasteiger partial charge is 0.493 e. The summed E-state index contributed by atoms with van der Waals surface area (Å²) in [7, 11) is 1.61. The second kappa shape index (κ2) is 7.81. The molecular formula is C23H25N5O4. The number of rotatable bonds is 4. The van der Waals surface area contributed by atoms with E-state index in [1.807, 2.05) is 18.2 Å². The van der Waals surface area contributed by atoms with E-state index in [9.17, 15) is 4.79 Å². The molecule has 0 spiro atoms. The zero-order chi connectivity index (χ0) is 22.3. The van der Waals surface area contributed by atoms with Gasteiger partial charge in [0.05, 0.1) is 25.0 Å². The fraction of sp³-hybridized carbons (Fsp3) is 0.391. The van der Waals surface area contributed by atoms with Crippen LogP contribution in [-0.2, 0) is 6.54 Å². The number of hydrogen-bond donors (Lipinski definition) is 0. The fourth-order valence-corrected chi connectivity index (χ4v) is 4.17. The summed E-state index contributed by atoms with van der Waals surface area (Å²) in [5.41, 5.74) is 0.810. The first kappa shape index (κ1) is 20.3. The minimum Gasteiger partial charge on any atom is -0.493 e. The Bertz CT molecular complexity index is 1180. The standard InChI is InChI=1S/C23H25N5O4/c1-23(2)8-10-27-20(29)11-17(16-7-9-24-14-25-16)26-22(27)28(23)12-15-13-31-19-6-4-5-18(30-3)21(19)32-15/h4-7,9,11,14-15H,8,10,12-13H2,1-3H3. The molecule has 2 aliphatic heterocycles. The van der Waals surface area contributed by atoms with Crippen molar-refractivity contribution in [1.29, 1.82) is 0 Å². The van der Waals surface area contributed by atoms with Crippen LogP contribution in [-0.4, -0.2) is 51.4 Å². The summed E-state index contributed by atoms with van der Waals surface area (Å²) in [5.74, 6) is 2.50. The number of anilines is 1. The predicted octanol–water partition coefficient (Wildman–Crippen LogP) is 2.54. The lowest BCUT2D eigenvalue weighted by Gasteiger charge is -2.45. The maximum atomic E-state index is 12.9. The molecular weight excluding hydrogens is 410 g/mol. The van der Waals surface area contributed by atoms with Crippen LogP contribution in [0.15, 0.2) is 47.7 Å². The van der Waals surface area contributed by atoms with Crippen molar-refractivity contribution in [1.82, 2.24) is 19.5 Å². The van der Waals surface area contributed by atoms with Gasteiger partial charge >= 0.3 is 0 Å². The van der Waals surface area contributed by atoms with Gasteiger partial charge in [-0.1, -0.05) is 6.07 Å². The topological polar surface area (TPSA) is 91.6 Å². The molecule has 32 heavy (non-hydrogen) atoms. The molecule has 9 heteroatoms. The lowest BCUT2D eigenvalue weighted by molar-refractivity contribution is 0.0857. The minimum atomic E-state index is -0.260. The van der Waals surface area contributed by atoms with Crippen molar-refractivity contribution in [3.8, 4) is 28.6 Å². The smallest absolute Gasteiger partial charge is 0.255 e. The van der Waals surface area contributed by atoms with E-state index in [0.717, 1.165) is 6.42 Å². The van der Waals surface area contributed by atoms with Crippen LogP contribution in [0.4, 0.5) is 5.95 Å². The molecule has 2 aliphatic rings. The Kier molecular flexibility index (Phi) is 4.96. The Hall–Kier alpha value is -3.62. The quantitative estimate of drug-likeness (QED) is 0.618. The van der Waals surface area contributed by atoms with Crippen molar-refractivity contribution in [2.45, 2.75) is 38.5 Å². The number of ether oxygens (including phenoxy) is 3. The Morgan fingerprint density at radius 1 is 1.25 bits per heavy atom. The number of fused-ring (bicyclic) bond motifs is 2. The molecule has 0 aliphatic carbocycles. The van der Waals surface area contributed by atoms with Gasteiger partial charge in [0.25, 0.3) is 5.56 Å². The van der Waals surface area contributed by atoms with E-state index in [0.29, 0.717) is 54.3 Å². The van der Waals surface area contributed by atoms with Crippen LogP contribution in [0.5, 0.6) is 17.2 Å². The van der Waals surface area contributed by atoms with E-state index in [1.165, 1.54) is 12.4 Å². The van der Waals surface area contributed by atoms with E-state index in [1.54, 1.807) is 23.9 Å². The first-order chi connectivity index (χ1) is 15.5. The third-order valence-electron chi connectivity index (χ3n) is 6.01. The molecule has 1 aromatic carbocycles. The van der Waals surface area contributed by atoms with Crippen LogP contribution in [0.1, 0.15) is 20.3 Å². The van der Waals surface area contributed by atoms with Crippen LogP contribution in [0.2, 0.25) is 0 Å². The summed E-state index contributed by atoms with van der Waals surface area (Å²) in [4.78, 5) is 28.1. The van der Waals surface area contributed by atoms with Crippen molar-refractivity contribution in [3.05, 3.63) is 53.2 Å². The van der Waals surface area contributed by atoms with Gasteiger partial charge in [0.15, 0.2) is 17.6 Å². The van der Waals surface area contributed by atoms with Gasteiger partial charge in [-0.15, -0.1) is 0 Å². The van der Waals surface area contributed by atoms with Crippen LogP contribution in [0.3, 0.4) is 0 Å². The number of aromatic nitrogens is 4. The normalized spacial score (nSPS) is 18.7. The Balaban J connectivity index is 1.51. The van der Waals surface area contributed by atoms with Gasteiger partial charge in [0.2, 0.25) is 11.7 Å². The van der Waals surface area contributed by atoms with Gasteiger partial charge in [-0.25, -0.2) is 15.0 Å². The first-order valence-corrected chi connectivity index (χ1v) is 10.6. The van der Waals surface area contributed by atoms with Gasteiger partial charge in [-0.05, 0) is 38.5 Å². The molecule has 0 bridgehead atoms. The van der Waals surface area contributed by atoms with Crippen LogP contribution >= 0.6 is 0 Å². The summed E-state index contributed by atoms with van der Waals surface area (Å²) in [6.07, 6.45) is 3.64. The molecule has 0 saturated carbocycles. The average Bonchev–Trinajstić information content (AvgIpc) is 2.81. The van der Waals surface area contributed by atoms with E-state index in [2.05, 4.69) is 28.7 Å². The first-order valence-electron chi connectivity index (χ1n) is 10.6. The Morgan fingerprint density at radius 3 is 2.91 bits per heavy atom.